The first-order valence-corrected chi connectivity index (χ1v) is 7.74. The number of hydrogen-bond donors (Lipinski definition) is 2. The summed E-state index contributed by atoms with van der Waals surface area (Å²) in [6.07, 6.45) is 3.22. The number of pyridine rings is 1. The van der Waals surface area contributed by atoms with Gasteiger partial charge in [0, 0.05) is 18.0 Å². The average Bonchev–Trinajstić information content (AvgIpc) is 2.44. The third-order valence-electron chi connectivity index (χ3n) is 3.70. The highest BCUT2D eigenvalue weighted by Crippen LogP contribution is 2.22. The van der Waals surface area contributed by atoms with E-state index < -0.39 is 5.60 Å². The highest BCUT2D eigenvalue weighted by atomic mass is 16.3. The summed E-state index contributed by atoms with van der Waals surface area (Å²) >= 11 is 0. The van der Waals surface area contributed by atoms with Gasteiger partial charge in [-0.25, -0.2) is 0 Å². The van der Waals surface area contributed by atoms with Gasteiger partial charge in [0.25, 0.3) is 0 Å². The summed E-state index contributed by atoms with van der Waals surface area (Å²) in [5, 5.41) is 15.2. The van der Waals surface area contributed by atoms with Crippen LogP contribution in [0.25, 0.3) is 10.9 Å². The molecule has 0 saturated heterocycles. The van der Waals surface area contributed by atoms with Crippen molar-refractivity contribution in [3.05, 3.63) is 42.1 Å². The van der Waals surface area contributed by atoms with Crippen molar-refractivity contribution in [2.75, 3.05) is 13.1 Å². The van der Waals surface area contributed by atoms with Gasteiger partial charge in [0.2, 0.25) is 0 Å². The molecule has 0 radical (unpaired) electrons. The van der Waals surface area contributed by atoms with Gasteiger partial charge in [-0.1, -0.05) is 32.0 Å². The summed E-state index contributed by atoms with van der Waals surface area (Å²) in [7, 11) is 0. The molecule has 1 atom stereocenters. The maximum atomic E-state index is 10.6. The fourth-order valence-electron chi connectivity index (χ4n) is 2.56. The van der Waals surface area contributed by atoms with Gasteiger partial charge >= 0.3 is 0 Å². The zero-order chi connectivity index (χ0) is 15.3. The molecule has 1 aromatic heterocycles. The quantitative estimate of drug-likeness (QED) is 0.769. The van der Waals surface area contributed by atoms with Crippen molar-refractivity contribution in [2.24, 2.45) is 5.92 Å². The Kier molecular flexibility index (Phi) is 5.32. The second-order valence-corrected chi connectivity index (χ2v) is 6.51. The highest BCUT2D eigenvalue weighted by Gasteiger charge is 2.21. The van der Waals surface area contributed by atoms with Crippen molar-refractivity contribution in [3.63, 3.8) is 0 Å². The highest BCUT2D eigenvalue weighted by molar-refractivity contribution is 5.81. The van der Waals surface area contributed by atoms with Crippen LogP contribution >= 0.6 is 0 Å². The lowest BCUT2D eigenvalue weighted by Crippen LogP contribution is -2.33. The molecule has 1 unspecified atom stereocenters. The van der Waals surface area contributed by atoms with Gasteiger partial charge < -0.3 is 10.4 Å². The first-order chi connectivity index (χ1) is 9.98. The number of fused-ring (bicyclic) bond motifs is 1. The van der Waals surface area contributed by atoms with E-state index in [0.29, 0.717) is 12.3 Å². The van der Waals surface area contributed by atoms with E-state index in [2.05, 4.69) is 30.2 Å². The Morgan fingerprint density at radius 1 is 1.24 bits per heavy atom. The molecule has 0 aliphatic carbocycles. The molecule has 0 aliphatic heterocycles. The summed E-state index contributed by atoms with van der Waals surface area (Å²) in [6, 6.07) is 10.1. The summed E-state index contributed by atoms with van der Waals surface area (Å²) in [5.74, 6) is 0.638. The molecule has 0 aliphatic rings. The monoisotopic (exact) mass is 286 g/mol. The van der Waals surface area contributed by atoms with Crippen LogP contribution in [0.5, 0.6) is 0 Å². The van der Waals surface area contributed by atoms with Crippen LogP contribution in [0.4, 0.5) is 0 Å². The van der Waals surface area contributed by atoms with Gasteiger partial charge in [0.05, 0.1) is 11.1 Å². The molecule has 0 fully saturated rings. The summed E-state index contributed by atoms with van der Waals surface area (Å²) < 4.78 is 0. The fraction of sp³-hybridized carbons (Fsp3) is 0.500. The van der Waals surface area contributed by atoms with E-state index in [9.17, 15) is 5.11 Å². The molecule has 3 nitrogen and oxygen atoms in total. The van der Waals surface area contributed by atoms with Gasteiger partial charge in [-0.05, 0) is 50.0 Å². The molecule has 0 bridgehead atoms. The van der Waals surface area contributed by atoms with Gasteiger partial charge in [0.1, 0.15) is 0 Å². The maximum absolute atomic E-state index is 10.6. The van der Waals surface area contributed by atoms with E-state index in [1.165, 1.54) is 0 Å². The lowest BCUT2D eigenvalue weighted by atomic mass is 9.91. The first kappa shape index (κ1) is 15.9. The van der Waals surface area contributed by atoms with Crippen LogP contribution in [0.15, 0.2) is 36.5 Å². The van der Waals surface area contributed by atoms with Gasteiger partial charge in [-0.2, -0.15) is 0 Å². The van der Waals surface area contributed by atoms with Gasteiger partial charge in [-0.15, -0.1) is 0 Å². The number of benzene rings is 1. The predicted molar refractivity (Wildman–Crippen MR) is 88.4 cm³/mol. The SMILES string of the molecule is CC(C)CNCCC(C)(O)Cc1ccnc2ccccc12. The zero-order valence-electron chi connectivity index (χ0n) is 13.3. The van der Waals surface area contributed by atoms with Crippen molar-refractivity contribution in [2.45, 2.75) is 39.2 Å². The molecule has 2 rings (SSSR count). The maximum Gasteiger partial charge on any atom is 0.0704 e. The van der Waals surface area contributed by atoms with Gasteiger partial charge in [-0.3, -0.25) is 4.98 Å². The molecule has 0 spiro atoms. The zero-order valence-corrected chi connectivity index (χ0v) is 13.3. The number of para-hydroxylation sites is 1. The fourth-order valence-corrected chi connectivity index (χ4v) is 2.56. The molecule has 2 aromatic rings. The minimum atomic E-state index is -0.700. The van der Waals surface area contributed by atoms with Crippen LogP contribution in [0.2, 0.25) is 0 Å². The number of aliphatic hydroxyl groups is 1. The minimum Gasteiger partial charge on any atom is -0.390 e. The molecule has 3 heteroatoms. The normalized spacial score (nSPS) is 14.5. The van der Waals surface area contributed by atoms with Crippen LogP contribution in [0.1, 0.15) is 32.8 Å². The molecular weight excluding hydrogens is 260 g/mol. The topological polar surface area (TPSA) is 45.1 Å². The van der Waals surface area contributed by atoms with E-state index >= 15 is 0 Å². The van der Waals surface area contributed by atoms with Crippen LogP contribution in [-0.2, 0) is 6.42 Å². The lowest BCUT2D eigenvalue weighted by molar-refractivity contribution is 0.0517. The second kappa shape index (κ2) is 7.01. The Balaban J connectivity index is 2.01. The molecule has 0 saturated carbocycles. The minimum absolute atomic E-state index is 0.638. The average molecular weight is 286 g/mol. The van der Waals surface area contributed by atoms with Crippen molar-refractivity contribution in [1.29, 1.82) is 0 Å². The van der Waals surface area contributed by atoms with Crippen LogP contribution in [0.3, 0.4) is 0 Å². The van der Waals surface area contributed by atoms with Crippen molar-refractivity contribution in [3.8, 4) is 0 Å². The van der Waals surface area contributed by atoms with E-state index in [1.54, 1.807) is 0 Å². The van der Waals surface area contributed by atoms with Crippen molar-refractivity contribution >= 4 is 10.9 Å². The summed E-state index contributed by atoms with van der Waals surface area (Å²) in [6.45, 7) is 8.13. The van der Waals surface area contributed by atoms with E-state index in [4.69, 9.17) is 0 Å². The standard InChI is InChI=1S/C18H26N2O/c1-14(2)13-19-11-9-18(3,21)12-15-8-10-20-17-7-5-4-6-16(15)17/h4-8,10,14,19,21H,9,11-13H2,1-3H3. The predicted octanol–water partition coefficient (Wildman–Crippen LogP) is 3.16. The molecule has 1 aromatic carbocycles. The third kappa shape index (κ3) is 4.80. The lowest BCUT2D eigenvalue weighted by Gasteiger charge is -2.24. The Morgan fingerprint density at radius 3 is 2.76 bits per heavy atom. The summed E-state index contributed by atoms with van der Waals surface area (Å²) in [4.78, 5) is 4.37. The number of nitrogens with zero attached hydrogens (tertiary/aromatic N) is 1. The number of hydrogen-bond acceptors (Lipinski definition) is 3. The number of aromatic nitrogens is 1. The van der Waals surface area contributed by atoms with E-state index in [0.717, 1.165) is 36.0 Å². The van der Waals surface area contributed by atoms with E-state index in [1.807, 2.05) is 37.4 Å². The third-order valence-corrected chi connectivity index (χ3v) is 3.70. The molecule has 114 valence electrons. The van der Waals surface area contributed by atoms with Crippen molar-refractivity contribution < 1.29 is 5.11 Å². The number of rotatable bonds is 7. The smallest absolute Gasteiger partial charge is 0.0704 e. The van der Waals surface area contributed by atoms with Crippen LogP contribution in [0, 0.1) is 5.92 Å². The van der Waals surface area contributed by atoms with Gasteiger partial charge in [0.15, 0.2) is 0 Å². The summed E-state index contributed by atoms with van der Waals surface area (Å²) in [5.41, 5.74) is 1.45. The van der Waals surface area contributed by atoms with Crippen molar-refractivity contribution in [1.82, 2.24) is 10.3 Å². The Hall–Kier alpha value is -1.45. The molecule has 2 N–H and O–H groups in total. The second-order valence-electron chi connectivity index (χ2n) is 6.51. The number of nitrogens with one attached hydrogen (secondary N) is 1. The Labute approximate surface area is 127 Å². The molecule has 1 heterocycles. The largest absolute Gasteiger partial charge is 0.390 e. The van der Waals surface area contributed by atoms with E-state index in [-0.39, 0.29) is 0 Å². The first-order valence-electron chi connectivity index (χ1n) is 7.74. The Bertz CT molecular complexity index is 573. The van der Waals surface area contributed by atoms with Crippen LogP contribution in [-0.4, -0.2) is 28.8 Å². The molecule has 21 heavy (non-hydrogen) atoms. The molecular formula is C18H26N2O. The molecule has 0 amide bonds. The Morgan fingerprint density at radius 2 is 2.00 bits per heavy atom. The van der Waals surface area contributed by atoms with Crippen LogP contribution < -0.4 is 5.32 Å².